The van der Waals surface area contributed by atoms with E-state index in [1.54, 1.807) is 12.1 Å². The Bertz CT molecular complexity index is 904. The molecule has 1 N–H and O–H groups in total. The van der Waals surface area contributed by atoms with E-state index >= 15 is 0 Å². The molecule has 1 unspecified atom stereocenters. The number of hydrogen-bond donors (Lipinski definition) is 1. The zero-order valence-corrected chi connectivity index (χ0v) is 17.0. The summed E-state index contributed by atoms with van der Waals surface area (Å²) in [5.41, 5.74) is 0.148. The lowest BCUT2D eigenvalue weighted by Crippen LogP contribution is -2.47. The summed E-state index contributed by atoms with van der Waals surface area (Å²) in [6, 6.07) is 11.4. The van der Waals surface area contributed by atoms with Gasteiger partial charge in [-0.05, 0) is 61.2 Å². The standard InChI is InChI=1S/C23H25F4N3O/c24-19-5-7-20(8-6-19)30-21(9-12-28-30)15-22(31)10-13-29(14-11-22)16-17-1-3-18(4-2-17)23(25,26)27/h1-8,12,21,31H,9-11,13-16H2. The SMILES string of the molecule is OC1(CC2CC=NN2c2ccc(F)cc2)CCN(Cc2ccc(C(F)(F)F)cc2)CC1. The van der Waals surface area contributed by atoms with Crippen LogP contribution in [-0.4, -0.2) is 41.0 Å². The third-order valence-electron chi connectivity index (χ3n) is 6.11. The molecule has 0 aromatic heterocycles. The predicted octanol–water partition coefficient (Wildman–Crippen LogP) is 4.83. The molecule has 0 aliphatic carbocycles. The summed E-state index contributed by atoms with van der Waals surface area (Å²) in [5, 5.41) is 17.4. The van der Waals surface area contributed by atoms with Crippen LogP contribution in [0.25, 0.3) is 0 Å². The molecule has 2 aromatic carbocycles. The molecular weight excluding hydrogens is 410 g/mol. The summed E-state index contributed by atoms with van der Waals surface area (Å²) in [5.74, 6) is -0.303. The Morgan fingerprint density at radius 2 is 1.65 bits per heavy atom. The van der Waals surface area contributed by atoms with Crippen molar-refractivity contribution >= 4 is 11.9 Å². The van der Waals surface area contributed by atoms with E-state index in [2.05, 4.69) is 10.0 Å². The fourth-order valence-electron chi connectivity index (χ4n) is 4.32. The second-order valence-electron chi connectivity index (χ2n) is 8.41. The first-order chi connectivity index (χ1) is 14.7. The van der Waals surface area contributed by atoms with E-state index in [-0.39, 0.29) is 11.9 Å². The lowest BCUT2D eigenvalue weighted by atomic mass is 9.84. The molecule has 1 atom stereocenters. The number of rotatable bonds is 5. The Balaban J connectivity index is 1.32. The van der Waals surface area contributed by atoms with Crippen molar-refractivity contribution in [2.45, 2.75) is 50.0 Å². The van der Waals surface area contributed by atoms with Gasteiger partial charge >= 0.3 is 6.18 Å². The molecule has 0 radical (unpaired) electrons. The smallest absolute Gasteiger partial charge is 0.390 e. The van der Waals surface area contributed by atoms with E-state index in [9.17, 15) is 22.7 Å². The van der Waals surface area contributed by atoms with E-state index in [1.807, 2.05) is 11.2 Å². The van der Waals surface area contributed by atoms with Gasteiger partial charge in [0.2, 0.25) is 0 Å². The van der Waals surface area contributed by atoms with Crippen molar-refractivity contribution in [3.8, 4) is 0 Å². The molecule has 1 fully saturated rings. The number of likely N-dealkylation sites (tertiary alicyclic amines) is 1. The van der Waals surface area contributed by atoms with Crippen molar-refractivity contribution in [2.75, 3.05) is 18.1 Å². The van der Waals surface area contributed by atoms with Crippen molar-refractivity contribution in [3.05, 3.63) is 65.5 Å². The fourth-order valence-corrected chi connectivity index (χ4v) is 4.32. The number of hydrogen-bond acceptors (Lipinski definition) is 4. The van der Waals surface area contributed by atoms with Crippen LogP contribution in [-0.2, 0) is 12.7 Å². The maximum absolute atomic E-state index is 13.2. The van der Waals surface area contributed by atoms with Crippen LogP contribution in [0.15, 0.2) is 53.6 Å². The van der Waals surface area contributed by atoms with Gasteiger partial charge in [0, 0.05) is 32.3 Å². The van der Waals surface area contributed by atoms with Gasteiger partial charge in [-0.3, -0.25) is 9.91 Å². The van der Waals surface area contributed by atoms with E-state index in [0.717, 1.165) is 29.8 Å². The number of halogens is 4. The molecule has 2 heterocycles. The largest absolute Gasteiger partial charge is 0.416 e. The molecule has 2 aromatic rings. The van der Waals surface area contributed by atoms with Crippen LogP contribution in [0.1, 0.15) is 36.8 Å². The monoisotopic (exact) mass is 435 g/mol. The average Bonchev–Trinajstić information content (AvgIpc) is 3.18. The van der Waals surface area contributed by atoms with Crippen LogP contribution >= 0.6 is 0 Å². The Labute approximate surface area is 178 Å². The molecule has 166 valence electrons. The zero-order valence-electron chi connectivity index (χ0n) is 17.0. The van der Waals surface area contributed by atoms with Crippen molar-refractivity contribution in [1.29, 1.82) is 0 Å². The van der Waals surface area contributed by atoms with Crippen LogP contribution in [0, 0.1) is 5.82 Å². The van der Waals surface area contributed by atoms with Crippen LogP contribution in [0.2, 0.25) is 0 Å². The van der Waals surface area contributed by atoms with Crippen LogP contribution in [0.3, 0.4) is 0 Å². The fraction of sp³-hybridized carbons (Fsp3) is 0.435. The maximum atomic E-state index is 13.2. The molecule has 31 heavy (non-hydrogen) atoms. The zero-order chi connectivity index (χ0) is 22.1. The van der Waals surface area contributed by atoms with Gasteiger partial charge in [0.15, 0.2) is 0 Å². The molecule has 8 heteroatoms. The minimum Gasteiger partial charge on any atom is -0.390 e. The number of nitrogens with zero attached hydrogens (tertiary/aromatic N) is 3. The van der Waals surface area contributed by atoms with Gasteiger partial charge < -0.3 is 5.11 Å². The third kappa shape index (κ3) is 5.25. The van der Waals surface area contributed by atoms with Crippen molar-refractivity contribution in [1.82, 2.24) is 4.90 Å². The van der Waals surface area contributed by atoms with Gasteiger partial charge in [0.05, 0.1) is 22.9 Å². The molecule has 4 rings (SSSR count). The van der Waals surface area contributed by atoms with Crippen molar-refractivity contribution in [3.63, 3.8) is 0 Å². The molecule has 0 bridgehead atoms. The third-order valence-corrected chi connectivity index (χ3v) is 6.11. The van der Waals surface area contributed by atoms with Crippen molar-refractivity contribution < 1.29 is 22.7 Å². The summed E-state index contributed by atoms with van der Waals surface area (Å²) >= 11 is 0. The summed E-state index contributed by atoms with van der Waals surface area (Å²) in [7, 11) is 0. The van der Waals surface area contributed by atoms with Gasteiger partial charge in [-0.2, -0.15) is 18.3 Å². The summed E-state index contributed by atoms with van der Waals surface area (Å²) in [6.07, 6.45) is -0.0702. The van der Waals surface area contributed by atoms with Gasteiger partial charge in [0.1, 0.15) is 5.82 Å². The summed E-state index contributed by atoms with van der Waals surface area (Å²) in [4.78, 5) is 2.15. The van der Waals surface area contributed by atoms with Crippen LogP contribution in [0.4, 0.5) is 23.2 Å². The van der Waals surface area contributed by atoms with Gasteiger partial charge in [-0.25, -0.2) is 4.39 Å². The van der Waals surface area contributed by atoms with Crippen molar-refractivity contribution in [2.24, 2.45) is 5.10 Å². The van der Waals surface area contributed by atoms with Gasteiger partial charge in [-0.15, -0.1) is 0 Å². The first kappa shape index (κ1) is 21.8. The molecule has 4 nitrogen and oxygen atoms in total. The molecular formula is C23H25F4N3O. The number of piperidine rings is 1. The van der Waals surface area contributed by atoms with Gasteiger partial charge in [-0.1, -0.05) is 12.1 Å². The lowest BCUT2D eigenvalue weighted by molar-refractivity contribution is -0.137. The van der Waals surface area contributed by atoms with E-state index < -0.39 is 17.3 Å². The quantitative estimate of drug-likeness (QED) is 0.684. The van der Waals surface area contributed by atoms with Gasteiger partial charge in [0.25, 0.3) is 0 Å². The lowest BCUT2D eigenvalue weighted by Gasteiger charge is -2.40. The Hall–Kier alpha value is -2.45. The molecule has 0 amide bonds. The number of hydrazone groups is 1. The summed E-state index contributed by atoms with van der Waals surface area (Å²) in [6.45, 7) is 1.89. The highest BCUT2D eigenvalue weighted by atomic mass is 19.4. The number of anilines is 1. The number of benzene rings is 2. The minimum absolute atomic E-state index is 0.0110. The van der Waals surface area contributed by atoms with E-state index in [1.165, 1.54) is 24.3 Å². The minimum atomic E-state index is -4.33. The first-order valence-corrected chi connectivity index (χ1v) is 10.4. The average molecular weight is 435 g/mol. The highest BCUT2D eigenvalue weighted by Crippen LogP contribution is 2.34. The molecule has 2 aliphatic rings. The van der Waals surface area contributed by atoms with E-state index in [0.29, 0.717) is 38.9 Å². The molecule has 0 spiro atoms. The number of alkyl halides is 3. The predicted molar refractivity (Wildman–Crippen MR) is 111 cm³/mol. The molecule has 2 aliphatic heterocycles. The first-order valence-electron chi connectivity index (χ1n) is 10.4. The maximum Gasteiger partial charge on any atom is 0.416 e. The second-order valence-corrected chi connectivity index (χ2v) is 8.41. The Kier molecular flexibility index (Phi) is 6.03. The normalized spacial score (nSPS) is 21.6. The van der Waals surface area contributed by atoms with Crippen LogP contribution in [0.5, 0.6) is 0 Å². The molecule has 0 saturated carbocycles. The highest BCUT2D eigenvalue weighted by molar-refractivity contribution is 5.66. The number of aliphatic hydroxyl groups is 1. The Morgan fingerprint density at radius 1 is 1.00 bits per heavy atom. The van der Waals surface area contributed by atoms with Crippen LogP contribution < -0.4 is 5.01 Å². The molecule has 1 saturated heterocycles. The summed E-state index contributed by atoms with van der Waals surface area (Å²) < 4.78 is 51.4. The topological polar surface area (TPSA) is 39.1 Å². The highest BCUT2D eigenvalue weighted by Gasteiger charge is 2.37. The Morgan fingerprint density at radius 3 is 2.26 bits per heavy atom. The second kappa shape index (κ2) is 8.59. The van der Waals surface area contributed by atoms with E-state index in [4.69, 9.17) is 0 Å².